The molecule has 0 aromatic heterocycles. The van der Waals surface area contributed by atoms with Crippen LogP contribution < -0.4 is 5.32 Å². The van der Waals surface area contributed by atoms with Crippen molar-refractivity contribution in [1.82, 2.24) is 10.2 Å². The van der Waals surface area contributed by atoms with E-state index in [1.165, 1.54) is 6.42 Å². The SMILES string of the molecule is CCCC(C#N)C(=O)NCC(=O)N1CCCCC1. The van der Waals surface area contributed by atoms with Crippen LogP contribution in [0.4, 0.5) is 0 Å². The van der Waals surface area contributed by atoms with Crippen LogP contribution in [-0.2, 0) is 9.59 Å². The Kier molecular flexibility index (Phi) is 6.20. The normalized spacial score (nSPS) is 16.8. The number of nitrogens with one attached hydrogen (secondary N) is 1. The molecule has 1 fully saturated rings. The van der Waals surface area contributed by atoms with Crippen LogP contribution in [0.5, 0.6) is 0 Å². The number of hydrogen-bond acceptors (Lipinski definition) is 3. The fraction of sp³-hybridized carbons (Fsp3) is 0.769. The number of carbonyl (C=O) groups is 2. The Hall–Kier alpha value is -1.57. The first-order valence-electron chi connectivity index (χ1n) is 6.64. The molecule has 2 amide bonds. The molecule has 0 aliphatic carbocycles. The van der Waals surface area contributed by atoms with Crippen LogP contribution in [0.15, 0.2) is 0 Å². The third-order valence-electron chi connectivity index (χ3n) is 3.17. The lowest BCUT2D eigenvalue weighted by Crippen LogP contribution is -2.43. The monoisotopic (exact) mass is 251 g/mol. The maximum Gasteiger partial charge on any atom is 0.241 e. The van der Waals surface area contributed by atoms with E-state index in [4.69, 9.17) is 5.26 Å². The van der Waals surface area contributed by atoms with E-state index < -0.39 is 5.92 Å². The molecule has 18 heavy (non-hydrogen) atoms. The van der Waals surface area contributed by atoms with Gasteiger partial charge in [-0.1, -0.05) is 13.3 Å². The molecule has 1 N–H and O–H groups in total. The minimum atomic E-state index is -0.635. The third kappa shape index (κ3) is 4.36. The standard InChI is InChI=1S/C13H21N3O2/c1-2-6-11(9-14)13(18)15-10-12(17)16-7-4-3-5-8-16/h11H,2-8,10H2,1H3,(H,15,18). The van der Waals surface area contributed by atoms with Gasteiger partial charge in [0.15, 0.2) is 0 Å². The molecule has 0 bridgehead atoms. The maximum absolute atomic E-state index is 11.8. The smallest absolute Gasteiger partial charge is 0.241 e. The Bertz CT molecular complexity index is 330. The van der Waals surface area contributed by atoms with Crippen LogP contribution in [0, 0.1) is 17.2 Å². The van der Waals surface area contributed by atoms with E-state index in [0.717, 1.165) is 32.4 Å². The van der Waals surface area contributed by atoms with Crippen molar-refractivity contribution in [1.29, 1.82) is 5.26 Å². The molecule has 0 aromatic carbocycles. The predicted octanol–water partition coefficient (Wildman–Crippen LogP) is 1.05. The van der Waals surface area contributed by atoms with Gasteiger partial charge in [0.1, 0.15) is 5.92 Å². The van der Waals surface area contributed by atoms with E-state index in [2.05, 4.69) is 5.32 Å². The predicted molar refractivity (Wildman–Crippen MR) is 67.5 cm³/mol. The summed E-state index contributed by atoms with van der Waals surface area (Å²) in [7, 11) is 0. The molecule has 1 saturated heterocycles. The zero-order valence-electron chi connectivity index (χ0n) is 10.9. The lowest BCUT2D eigenvalue weighted by molar-refractivity contribution is -0.134. The van der Waals surface area contributed by atoms with Crippen molar-refractivity contribution in [2.24, 2.45) is 5.92 Å². The van der Waals surface area contributed by atoms with Crippen molar-refractivity contribution in [3.8, 4) is 6.07 Å². The largest absolute Gasteiger partial charge is 0.346 e. The average Bonchev–Trinajstić information content (AvgIpc) is 2.42. The second kappa shape index (κ2) is 7.70. The van der Waals surface area contributed by atoms with Gasteiger partial charge in [-0.3, -0.25) is 9.59 Å². The second-order valence-corrected chi connectivity index (χ2v) is 4.63. The molecule has 0 aromatic rings. The summed E-state index contributed by atoms with van der Waals surface area (Å²) in [5, 5.41) is 11.4. The van der Waals surface area contributed by atoms with Gasteiger partial charge in [-0.15, -0.1) is 0 Å². The number of nitrogens with zero attached hydrogens (tertiary/aromatic N) is 2. The summed E-state index contributed by atoms with van der Waals surface area (Å²) in [5.41, 5.74) is 0. The van der Waals surface area contributed by atoms with Crippen molar-refractivity contribution in [3.63, 3.8) is 0 Å². The number of hydrogen-bond donors (Lipinski definition) is 1. The highest BCUT2D eigenvalue weighted by Gasteiger charge is 2.20. The summed E-state index contributed by atoms with van der Waals surface area (Å²) in [6.07, 6.45) is 4.57. The lowest BCUT2D eigenvalue weighted by Gasteiger charge is -2.26. The number of carbonyl (C=O) groups excluding carboxylic acids is 2. The Morgan fingerprint density at radius 3 is 2.56 bits per heavy atom. The van der Waals surface area contributed by atoms with Gasteiger partial charge in [0, 0.05) is 13.1 Å². The van der Waals surface area contributed by atoms with Gasteiger partial charge in [-0.25, -0.2) is 0 Å². The Balaban J connectivity index is 2.32. The molecule has 1 aliphatic heterocycles. The second-order valence-electron chi connectivity index (χ2n) is 4.63. The number of piperidine rings is 1. The van der Waals surface area contributed by atoms with E-state index in [1.54, 1.807) is 4.90 Å². The van der Waals surface area contributed by atoms with Gasteiger partial charge >= 0.3 is 0 Å². The minimum Gasteiger partial charge on any atom is -0.346 e. The molecule has 100 valence electrons. The topological polar surface area (TPSA) is 73.2 Å². The molecule has 1 atom stereocenters. The minimum absolute atomic E-state index is 0.0146. The van der Waals surface area contributed by atoms with Crippen LogP contribution in [0.3, 0.4) is 0 Å². The van der Waals surface area contributed by atoms with Gasteiger partial charge in [-0.05, 0) is 25.7 Å². The molecule has 0 saturated carbocycles. The van der Waals surface area contributed by atoms with E-state index in [-0.39, 0.29) is 18.4 Å². The summed E-state index contributed by atoms with van der Waals surface area (Å²) in [6.45, 7) is 3.51. The quantitative estimate of drug-likeness (QED) is 0.794. The van der Waals surface area contributed by atoms with Crippen LogP contribution >= 0.6 is 0 Å². The van der Waals surface area contributed by atoms with Gasteiger partial charge in [-0.2, -0.15) is 5.26 Å². The molecule has 5 heteroatoms. The van der Waals surface area contributed by atoms with Gasteiger partial charge in [0.2, 0.25) is 11.8 Å². The zero-order valence-corrected chi connectivity index (χ0v) is 10.9. The van der Waals surface area contributed by atoms with E-state index in [0.29, 0.717) is 6.42 Å². The molecule has 0 radical (unpaired) electrons. The summed E-state index contributed by atoms with van der Waals surface area (Å²) in [4.78, 5) is 25.2. The van der Waals surface area contributed by atoms with Crippen LogP contribution in [0.1, 0.15) is 39.0 Å². The van der Waals surface area contributed by atoms with Gasteiger partial charge in [0.05, 0.1) is 12.6 Å². The first kappa shape index (κ1) is 14.5. The highest BCUT2D eigenvalue weighted by atomic mass is 16.2. The fourth-order valence-electron chi connectivity index (χ4n) is 2.08. The van der Waals surface area contributed by atoms with Gasteiger partial charge < -0.3 is 10.2 Å². The lowest BCUT2D eigenvalue weighted by atomic mass is 10.1. The molecule has 1 heterocycles. The summed E-state index contributed by atoms with van der Waals surface area (Å²) in [6, 6.07) is 1.97. The molecule has 5 nitrogen and oxygen atoms in total. The Morgan fingerprint density at radius 2 is 2.00 bits per heavy atom. The van der Waals surface area contributed by atoms with Crippen molar-refractivity contribution in [2.45, 2.75) is 39.0 Å². The molecule has 1 rings (SSSR count). The third-order valence-corrected chi connectivity index (χ3v) is 3.17. The number of nitriles is 1. The summed E-state index contributed by atoms with van der Waals surface area (Å²) in [5.74, 6) is -1.01. The van der Waals surface area contributed by atoms with Crippen molar-refractivity contribution in [3.05, 3.63) is 0 Å². The number of likely N-dealkylation sites (tertiary alicyclic amines) is 1. The highest BCUT2D eigenvalue weighted by molar-refractivity contribution is 5.87. The summed E-state index contributed by atoms with van der Waals surface area (Å²) < 4.78 is 0. The molecular weight excluding hydrogens is 230 g/mol. The Morgan fingerprint density at radius 1 is 1.33 bits per heavy atom. The van der Waals surface area contributed by atoms with Crippen molar-refractivity contribution < 1.29 is 9.59 Å². The first-order chi connectivity index (χ1) is 8.69. The van der Waals surface area contributed by atoms with Crippen LogP contribution in [-0.4, -0.2) is 36.3 Å². The van der Waals surface area contributed by atoms with Crippen LogP contribution in [0.2, 0.25) is 0 Å². The molecule has 0 spiro atoms. The molecular formula is C13H21N3O2. The fourth-order valence-corrected chi connectivity index (χ4v) is 2.08. The van der Waals surface area contributed by atoms with E-state index >= 15 is 0 Å². The van der Waals surface area contributed by atoms with E-state index in [1.807, 2.05) is 13.0 Å². The average molecular weight is 251 g/mol. The highest BCUT2D eigenvalue weighted by Crippen LogP contribution is 2.08. The number of rotatable bonds is 5. The van der Waals surface area contributed by atoms with Crippen molar-refractivity contribution >= 4 is 11.8 Å². The summed E-state index contributed by atoms with van der Waals surface area (Å²) >= 11 is 0. The molecule has 1 unspecified atom stereocenters. The van der Waals surface area contributed by atoms with Gasteiger partial charge in [0.25, 0.3) is 0 Å². The first-order valence-corrected chi connectivity index (χ1v) is 6.64. The maximum atomic E-state index is 11.8. The zero-order chi connectivity index (χ0) is 13.4. The van der Waals surface area contributed by atoms with Crippen LogP contribution in [0.25, 0.3) is 0 Å². The van der Waals surface area contributed by atoms with E-state index in [9.17, 15) is 9.59 Å². The Labute approximate surface area is 108 Å². The van der Waals surface area contributed by atoms with Crippen molar-refractivity contribution in [2.75, 3.05) is 19.6 Å². The number of amides is 2. The molecule has 1 aliphatic rings.